The molecule has 0 spiro atoms. The van der Waals surface area contributed by atoms with Crippen LogP contribution >= 0.6 is 0 Å². The minimum Gasteiger partial charge on any atom is -0.391 e. The Labute approximate surface area is 107 Å². The Morgan fingerprint density at radius 1 is 1.50 bits per heavy atom. The van der Waals surface area contributed by atoms with Crippen molar-refractivity contribution in [1.82, 2.24) is 14.5 Å². The largest absolute Gasteiger partial charge is 0.391 e. The molecule has 0 saturated carbocycles. The molecule has 0 aliphatic rings. The molecule has 7 nitrogen and oxygen atoms in total. The topological polar surface area (TPSA) is 110 Å². The average molecular weight is 276 g/mol. The molecule has 18 heavy (non-hydrogen) atoms. The number of nitrogens with two attached hydrogens (primary N) is 1. The van der Waals surface area contributed by atoms with Gasteiger partial charge in [-0.15, -0.1) is 0 Å². The van der Waals surface area contributed by atoms with E-state index in [-0.39, 0.29) is 10.7 Å². The highest BCUT2D eigenvalue weighted by molar-refractivity contribution is 7.89. The Morgan fingerprint density at radius 3 is 2.33 bits per heavy atom. The van der Waals surface area contributed by atoms with Gasteiger partial charge in [-0.3, -0.25) is 4.68 Å². The van der Waals surface area contributed by atoms with Gasteiger partial charge in [0.15, 0.2) is 5.82 Å². The number of rotatable bonds is 4. The molecule has 0 radical (unpaired) electrons. The molecule has 4 N–H and O–H groups in total. The first-order chi connectivity index (χ1) is 7.99. The van der Waals surface area contributed by atoms with E-state index in [1.807, 2.05) is 0 Å². The van der Waals surface area contributed by atoms with Crippen LogP contribution in [0, 0.1) is 6.92 Å². The summed E-state index contributed by atoms with van der Waals surface area (Å²) in [5, 5.41) is 13.4. The number of nitrogen functional groups attached to an aromatic ring is 1. The van der Waals surface area contributed by atoms with Crippen LogP contribution < -0.4 is 10.5 Å². The monoisotopic (exact) mass is 276 g/mol. The summed E-state index contributed by atoms with van der Waals surface area (Å²) in [5.74, 6) is -0.0520. The molecule has 0 aliphatic heterocycles. The molecule has 0 amide bonds. The van der Waals surface area contributed by atoms with Crippen molar-refractivity contribution >= 4 is 15.8 Å². The van der Waals surface area contributed by atoms with Gasteiger partial charge in [-0.2, -0.15) is 5.10 Å². The quantitative estimate of drug-likeness (QED) is 0.702. The van der Waals surface area contributed by atoms with Gasteiger partial charge >= 0.3 is 0 Å². The second-order valence-corrected chi connectivity index (χ2v) is 6.55. The summed E-state index contributed by atoms with van der Waals surface area (Å²) < 4.78 is 28.3. The van der Waals surface area contributed by atoms with Crippen molar-refractivity contribution < 1.29 is 13.5 Å². The molecular weight excluding hydrogens is 256 g/mol. The summed E-state index contributed by atoms with van der Waals surface area (Å²) in [6, 6.07) is 0. The molecule has 0 saturated heterocycles. The smallest absolute Gasteiger partial charge is 0.246 e. The number of aryl methyl sites for hydroxylation is 1. The van der Waals surface area contributed by atoms with Gasteiger partial charge in [0.25, 0.3) is 0 Å². The predicted octanol–water partition coefficient (Wildman–Crippen LogP) is -0.252. The molecular formula is C10H20N4O3S. The maximum Gasteiger partial charge on any atom is 0.246 e. The number of nitrogens with zero attached hydrogens (tertiary/aromatic N) is 2. The fourth-order valence-electron chi connectivity index (χ4n) is 1.43. The van der Waals surface area contributed by atoms with Crippen LogP contribution in [0.4, 0.5) is 5.82 Å². The normalized spacial score (nSPS) is 14.8. The van der Waals surface area contributed by atoms with Gasteiger partial charge in [0.05, 0.1) is 17.3 Å². The Bertz CT molecular complexity index is 546. The molecule has 104 valence electrons. The van der Waals surface area contributed by atoms with Crippen molar-refractivity contribution in [3.8, 4) is 0 Å². The van der Waals surface area contributed by atoms with E-state index in [0.717, 1.165) is 0 Å². The Morgan fingerprint density at radius 2 is 2.00 bits per heavy atom. The highest BCUT2D eigenvalue weighted by atomic mass is 32.2. The number of anilines is 1. The van der Waals surface area contributed by atoms with Gasteiger partial charge in [-0.1, -0.05) is 0 Å². The molecule has 0 bridgehead atoms. The standard InChI is InChI=1S/C10H20N4O3S/c1-6-8(9(11)12-14(6)5)18(16,17)13-10(3,4)7(2)15/h7,13,15H,1-5H3,(H2,11,12). The van der Waals surface area contributed by atoms with Gasteiger partial charge in [-0.25, -0.2) is 13.1 Å². The third kappa shape index (κ3) is 2.65. The summed E-state index contributed by atoms with van der Waals surface area (Å²) in [6.45, 7) is 6.32. The van der Waals surface area contributed by atoms with E-state index in [2.05, 4.69) is 9.82 Å². The lowest BCUT2D eigenvalue weighted by Gasteiger charge is -2.28. The molecule has 0 aliphatic carbocycles. The van der Waals surface area contributed by atoms with E-state index < -0.39 is 21.7 Å². The minimum absolute atomic E-state index is 0.0428. The van der Waals surface area contributed by atoms with Crippen LogP contribution in [0.3, 0.4) is 0 Å². The fourth-order valence-corrected chi connectivity index (χ4v) is 3.23. The third-order valence-corrected chi connectivity index (χ3v) is 4.85. The first-order valence-electron chi connectivity index (χ1n) is 5.50. The molecule has 1 unspecified atom stereocenters. The second-order valence-electron chi connectivity index (χ2n) is 4.93. The van der Waals surface area contributed by atoms with Crippen LogP contribution in [0.15, 0.2) is 4.90 Å². The van der Waals surface area contributed by atoms with Gasteiger partial charge in [0, 0.05) is 7.05 Å². The zero-order chi connectivity index (χ0) is 14.3. The van der Waals surface area contributed by atoms with E-state index in [1.165, 1.54) is 11.6 Å². The van der Waals surface area contributed by atoms with E-state index in [9.17, 15) is 13.5 Å². The van der Waals surface area contributed by atoms with E-state index >= 15 is 0 Å². The van der Waals surface area contributed by atoms with Crippen molar-refractivity contribution in [3.63, 3.8) is 0 Å². The van der Waals surface area contributed by atoms with Crippen LogP contribution in [-0.2, 0) is 17.1 Å². The minimum atomic E-state index is -3.82. The van der Waals surface area contributed by atoms with Crippen molar-refractivity contribution in [2.75, 3.05) is 5.73 Å². The Kier molecular flexibility index (Phi) is 3.75. The van der Waals surface area contributed by atoms with Crippen LogP contribution in [0.25, 0.3) is 0 Å². The lowest BCUT2D eigenvalue weighted by Crippen LogP contribution is -2.50. The first kappa shape index (κ1) is 14.9. The van der Waals surface area contributed by atoms with Crippen LogP contribution in [0.2, 0.25) is 0 Å². The second kappa shape index (κ2) is 4.52. The number of hydrogen-bond donors (Lipinski definition) is 3. The number of aliphatic hydroxyl groups is 1. The van der Waals surface area contributed by atoms with Crippen molar-refractivity contribution in [3.05, 3.63) is 5.69 Å². The van der Waals surface area contributed by atoms with E-state index in [1.54, 1.807) is 27.8 Å². The van der Waals surface area contributed by atoms with E-state index in [0.29, 0.717) is 5.69 Å². The van der Waals surface area contributed by atoms with E-state index in [4.69, 9.17) is 5.73 Å². The summed E-state index contributed by atoms with van der Waals surface area (Å²) >= 11 is 0. The molecule has 1 heterocycles. The summed E-state index contributed by atoms with van der Waals surface area (Å²) in [7, 11) is -2.21. The summed E-state index contributed by atoms with van der Waals surface area (Å²) in [5.41, 5.74) is 5.06. The molecule has 8 heteroatoms. The predicted molar refractivity (Wildman–Crippen MR) is 68.4 cm³/mol. The molecule has 0 fully saturated rings. The zero-order valence-corrected chi connectivity index (χ0v) is 12.0. The maximum atomic E-state index is 12.3. The lowest BCUT2D eigenvalue weighted by atomic mass is 10.0. The zero-order valence-electron chi connectivity index (χ0n) is 11.2. The SMILES string of the molecule is Cc1c(S(=O)(=O)NC(C)(C)C(C)O)c(N)nn1C. The number of nitrogens with one attached hydrogen (secondary N) is 1. The summed E-state index contributed by atoms with van der Waals surface area (Å²) in [6.07, 6.45) is -0.842. The maximum absolute atomic E-state index is 12.3. The molecule has 1 rings (SSSR count). The van der Waals surface area contributed by atoms with Crippen LogP contribution in [0.1, 0.15) is 26.5 Å². The van der Waals surface area contributed by atoms with Crippen molar-refractivity contribution in [1.29, 1.82) is 0 Å². The fraction of sp³-hybridized carbons (Fsp3) is 0.700. The highest BCUT2D eigenvalue weighted by Gasteiger charge is 2.33. The number of hydrogen-bond acceptors (Lipinski definition) is 5. The summed E-state index contributed by atoms with van der Waals surface area (Å²) in [4.78, 5) is -0.0428. The van der Waals surface area contributed by atoms with Crippen molar-refractivity contribution in [2.45, 2.75) is 44.2 Å². The molecule has 1 aromatic heterocycles. The van der Waals surface area contributed by atoms with Gasteiger partial charge in [0.2, 0.25) is 10.0 Å². The molecule has 1 aromatic rings. The Hall–Kier alpha value is -1.12. The lowest BCUT2D eigenvalue weighted by molar-refractivity contribution is 0.111. The third-order valence-electron chi connectivity index (χ3n) is 3.01. The molecule has 0 aromatic carbocycles. The van der Waals surface area contributed by atoms with Crippen LogP contribution in [0.5, 0.6) is 0 Å². The average Bonchev–Trinajstić information content (AvgIpc) is 2.38. The van der Waals surface area contributed by atoms with Crippen LogP contribution in [-0.4, -0.2) is 34.9 Å². The number of sulfonamides is 1. The number of aliphatic hydroxyl groups excluding tert-OH is 1. The Balaban J connectivity index is 3.24. The number of aromatic nitrogens is 2. The highest BCUT2D eigenvalue weighted by Crippen LogP contribution is 2.23. The van der Waals surface area contributed by atoms with Gasteiger partial charge < -0.3 is 10.8 Å². The van der Waals surface area contributed by atoms with Gasteiger partial charge in [-0.05, 0) is 27.7 Å². The first-order valence-corrected chi connectivity index (χ1v) is 6.98. The van der Waals surface area contributed by atoms with Crippen molar-refractivity contribution in [2.24, 2.45) is 7.05 Å². The van der Waals surface area contributed by atoms with Gasteiger partial charge in [0.1, 0.15) is 4.90 Å². The molecule has 1 atom stereocenters.